The molecule has 1 heterocycles. The van der Waals surface area contributed by atoms with Crippen LogP contribution in [0.15, 0.2) is 35.6 Å². The van der Waals surface area contributed by atoms with Gasteiger partial charge in [0, 0.05) is 32.5 Å². The molecule has 26 heavy (non-hydrogen) atoms. The lowest BCUT2D eigenvalue weighted by atomic mass is 10.2. The number of guanidine groups is 1. The van der Waals surface area contributed by atoms with E-state index in [9.17, 15) is 0 Å². The number of rotatable bonds is 8. The Hall–Kier alpha value is -2.83. The molecule has 2 N–H and O–H groups in total. The zero-order valence-electron chi connectivity index (χ0n) is 16.1. The van der Waals surface area contributed by atoms with Crippen molar-refractivity contribution < 1.29 is 14.2 Å². The van der Waals surface area contributed by atoms with E-state index in [4.69, 9.17) is 14.2 Å². The maximum Gasteiger partial charge on any atom is 0.203 e. The highest BCUT2D eigenvalue weighted by Gasteiger charge is 2.13. The largest absolute Gasteiger partial charge is 0.493 e. The first kappa shape index (κ1) is 19.5. The number of benzene rings is 1. The molecule has 0 aliphatic carbocycles. The molecule has 1 aromatic carbocycles. The second-order valence-corrected chi connectivity index (χ2v) is 5.77. The molecule has 0 radical (unpaired) electrons. The van der Waals surface area contributed by atoms with E-state index in [1.165, 1.54) is 5.56 Å². The molecular formula is C19H28N4O3. The van der Waals surface area contributed by atoms with Gasteiger partial charge in [0.15, 0.2) is 17.5 Å². The van der Waals surface area contributed by atoms with Crippen molar-refractivity contribution >= 4 is 5.96 Å². The normalized spacial score (nSPS) is 11.2. The quantitative estimate of drug-likeness (QED) is 0.558. The highest BCUT2D eigenvalue weighted by Crippen LogP contribution is 2.38. The monoisotopic (exact) mass is 360 g/mol. The molecule has 142 valence electrons. The van der Waals surface area contributed by atoms with Crippen LogP contribution in [-0.2, 0) is 20.1 Å². The highest BCUT2D eigenvalue weighted by molar-refractivity contribution is 5.79. The van der Waals surface area contributed by atoms with Crippen LogP contribution in [0.5, 0.6) is 17.2 Å². The van der Waals surface area contributed by atoms with Crippen molar-refractivity contribution in [3.63, 3.8) is 0 Å². The molecule has 0 aliphatic heterocycles. The summed E-state index contributed by atoms with van der Waals surface area (Å²) >= 11 is 0. The van der Waals surface area contributed by atoms with E-state index in [0.717, 1.165) is 18.1 Å². The zero-order chi connectivity index (χ0) is 18.9. The van der Waals surface area contributed by atoms with Gasteiger partial charge in [0.1, 0.15) is 0 Å². The fourth-order valence-corrected chi connectivity index (χ4v) is 2.59. The Bertz CT molecular complexity index is 715. The molecule has 0 saturated heterocycles. The average molecular weight is 360 g/mol. The van der Waals surface area contributed by atoms with Crippen molar-refractivity contribution in [2.24, 2.45) is 12.0 Å². The summed E-state index contributed by atoms with van der Waals surface area (Å²) < 4.78 is 18.2. The first-order chi connectivity index (χ1) is 12.6. The van der Waals surface area contributed by atoms with Gasteiger partial charge in [0.05, 0.1) is 27.9 Å². The van der Waals surface area contributed by atoms with Gasteiger partial charge < -0.3 is 29.4 Å². The molecule has 0 atom stereocenters. The number of nitrogens with one attached hydrogen (secondary N) is 2. The maximum absolute atomic E-state index is 5.39. The van der Waals surface area contributed by atoms with Crippen LogP contribution in [-0.4, -0.2) is 38.4 Å². The van der Waals surface area contributed by atoms with Gasteiger partial charge in [0.25, 0.3) is 0 Å². The molecule has 0 unspecified atom stereocenters. The lowest BCUT2D eigenvalue weighted by molar-refractivity contribution is 0.324. The van der Waals surface area contributed by atoms with Gasteiger partial charge >= 0.3 is 0 Å². The summed E-state index contributed by atoms with van der Waals surface area (Å²) in [5.41, 5.74) is 2.17. The minimum absolute atomic E-state index is 0.487. The summed E-state index contributed by atoms with van der Waals surface area (Å²) in [6.07, 6.45) is 4.10. The molecule has 7 nitrogen and oxygen atoms in total. The minimum Gasteiger partial charge on any atom is -0.493 e. The van der Waals surface area contributed by atoms with Crippen LogP contribution < -0.4 is 24.8 Å². The summed E-state index contributed by atoms with van der Waals surface area (Å²) in [6.45, 7) is 4.03. The van der Waals surface area contributed by atoms with Crippen LogP contribution in [0.25, 0.3) is 0 Å². The molecule has 0 saturated carbocycles. The molecular weight excluding hydrogens is 332 g/mol. The Morgan fingerprint density at radius 3 is 2.23 bits per heavy atom. The van der Waals surface area contributed by atoms with E-state index < -0.39 is 0 Å². The van der Waals surface area contributed by atoms with Gasteiger partial charge in [-0.2, -0.15) is 0 Å². The van der Waals surface area contributed by atoms with Crippen LogP contribution in [0, 0.1) is 0 Å². The summed E-state index contributed by atoms with van der Waals surface area (Å²) in [7, 11) is 6.81. The van der Waals surface area contributed by atoms with Gasteiger partial charge in [-0.3, -0.25) is 0 Å². The van der Waals surface area contributed by atoms with Crippen LogP contribution in [0.4, 0.5) is 0 Å². The van der Waals surface area contributed by atoms with Gasteiger partial charge in [-0.05, 0) is 36.2 Å². The minimum atomic E-state index is 0.487. The summed E-state index contributed by atoms with van der Waals surface area (Å²) in [4.78, 5) is 4.65. The number of aryl methyl sites for hydroxylation is 1. The first-order valence-corrected chi connectivity index (χ1v) is 8.53. The lowest BCUT2D eigenvalue weighted by Gasteiger charge is -2.14. The van der Waals surface area contributed by atoms with Crippen molar-refractivity contribution in [3.8, 4) is 17.2 Å². The van der Waals surface area contributed by atoms with Crippen molar-refractivity contribution in [1.82, 2.24) is 15.2 Å². The van der Waals surface area contributed by atoms with E-state index in [1.54, 1.807) is 21.3 Å². The van der Waals surface area contributed by atoms with Crippen molar-refractivity contribution in [1.29, 1.82) is 0 Å². The van der Waals surface area contributed by atoms with E-state index in [2.05, 4.69) is 27.9 Å². The van der Waals surface area contributed by atoms with Crippen LogP contribution in [0.3, 0.4) is 0 Å². The number of aromatic nitrogens is 1. The molecule has 1 aromatic heterocycles. The van der Waals surface area contributed by atoms with E-state index >= 15 is 0 Å². The number of aliphatic imine (C=N–C) groups is 1. The van der Waals surface area contributed by atoms with Crippen molar-refractivity contribution in [2.75, 3.05) is 27.9 Å². The third-order valence-electron chi connectivity index (χ3n) is 3.84. The Balaban J connectivity index is 2.12. The number of methoxy groups -OCH3 is 3. The SMILES string of the molecule is CCNC(=NCc1cc(OC)c(OC)c(OC)c1)NCc1ccn(C)c1. The van der Waals surface area contributed by atoms with Gasteiger partial charge in [-0.25, -0.2) is 4.99 Å². The highest BCUT2D eigenvalue weighted by atomic mass is 16.5. The van der Waals surface area contributed by atoms with Crippen LogP contribution >= 0.6 is 0 Å². The van der Waals surface area contributed by atoms with E-state index in [0.29, 0.717) is 30.3 Å². The molecule has 0 fully saturated rings. The summed E-state index contributed by atoms with van der Waals surface area (Å²) in [5.74, 6) is 2.58. The third-order valence-corrected chi connectivity index (χ3v) is 3.84. The first-order valence-electron chi connectivity index (χ1n) is 8.53. The second-order valence-electron chi connectivity index (χ2n) is 5.77. The Labute approximate surface area is 155 Å². The molecule has 2 aromatic rings. The average Bonchev–Trinajstić information content (AvgIpc) is 3.08. The molecule has 0 amide bonds. The van der Waals surface area contributed by atoms with Crippen LogP contribution in [0.1, 0.15) is 18.1 Å². The maximum atomic E-state index is 5.39. The molecule has 0 bridgehead atoms. The molecule has 0 aliphatic rings. The predicted octanol–water partition coefficient (Wildman–Crippen LogP) is 2.31. The predicted molar refractivity (Wildman–Crippen MR) is 103 cm³/mol. The fourth-order valence-electron chi connectivity index (χ4n) is 2.59. The number of ether oxygens (including phenoxy) is 3. The van der Waals surface area contributed by atoms with Gasteiger partial charge in [-0.1, -0.05) is 0 Å². The number of hydrogen-bond donors (Lipinski definition) is 2. The standard InChI is InChI=1S/C19H28N4O3/c1-6-20-19(21-11-14-7-8-23(2)13-14)22-12-15-9-16(24-3)18(26-5)17(10-15)25-4/h7-10,13H,6,11-12H2,1-5H3,(H2,20,21,22). The second kappa shape index (κ2) is 9.60. The van der Waals surface area contributed by atoms with E-state index in [-0.39, 0.29) is 0 Å². The van der Waals surface area contributed by atoms with Crippen molar-refractivity contribution in [3.05, 3.63) is 41.7 Å². The molecule has 7 heteroatoms. The molecule has 0 spiro atoms. The fraction of sp³-hybridized carbons (Fsp3) is 0.421. The summed E-state index contributed by atoms with van der Waals surface area (Å²) in [5, 5.41) is 6.59. The molecule has 2 rings (SSSR count). The van der Waals surface area contributed by atoms with Crippen LogP contribution in [0.2, 0.25) is 0 Å². The third kappa shape index (κ3) is 5.08. The number of nitrogens with zero attached hydrogens (tertiary/aromatic N) is 2. The lowest BCUT2D eigenvalue weighted by Crippen LogP contribution is -2.36. The van der Waals surface area contributed by atoms with E-state index in [1.807, 2.05) is 36.9 Å². The summed E-state index contributed by atoms with van der Waals surface area (Å²) in [6, 6.07) is 5.90. The smallest absolute Gasteiger partial charge is 0.203 e. The topological polar surface area (TPSA) is 69.0 Å². The van der Waals surface area contributed by atoms with Gasteiger partial charge in [0.2, 0.25) is 5.75 Å². The zero-order valence-corrected chi connectivity index (χ0v) is 16.1. The number of hydrogen-bond acceptors (Lipinski definition) is 4. The van der Waals surface area contributed by atoms with Crippen molar-refractivity contribution in [2.45, 2.75) is 20.0 Å². The Morgan fingerprint density at radius 1 is 1.04 bits per heavy atom. The Morgan fingerprint density at radius 2 is 1.73 bits per heavy atom. The Kier molecular flexibility index (Phi) is 7.20. The van der Waals surface area contributed by atoms with Gasteiger partial charge in [-0.15, -0.1) is 0 Å².